The van der Waals surface area contributed by atoms with Crippen molar-refractivity contribution in [2.45, 2.75) is 39.3 Å². The summed E-state index contributed by atoms with van der Waals surface area (Å²) in [5.74, 6) is -0.770. The van der Waals surface area contributed by atoms with Gasteiger partial charge in [0.1, 0.15) is 0 Å². The average Bonchev–Trinajstić information content (AvgIpc) is 2.10. The second kappa shape index (κ2) is 4.49. The van der Waals surface area contributed by atoms with Crippen LogP contribution in [0.5, 0.6) is 0 Å². The van der Waals surface area contributed by atoms with Crippen LogP contribution in [0.3, 0.4) is 0 Å². The molecule has 0 amide bonds. The van der Waals surface area contributed by atoms with Crippen molar-refractivity contribution in [3.8, 4) is 0 Å². The van der Waals surface area contributed by atoms with Gasteiger partial charge in [0.15, 0.2) is 0 Å². The van der Waals surface area contributed by atoms with Gasteiger partial charge in [-0.15, -0.1) is 0 Å². The summed E-state index contributed by atoms with van der Waals surface area (Å²) in [4.78, 5) is 12.5. The van der Waals surface area contributed by atoms with Crippen molar-refractivity contribution in [1.29, 1.82) is 0 Å². The molecule has 0 aromatic rings. The molecule has 2 atom stereocenters. The maximum Gasteiger partial charge on any atom is 0.317 e. The van der Waals surface area contributed by atoms with Crippen LogP contribution in [0.15, 0.2) is 0 Å². The number of carboxylic acids is 1. The van der Waals surface area contributed by atoms with Crippen molar-refractivity contribution in [2.75, 3.05) is 20.2 Å². The zero-order valence-electron chi connectivity index (χ0n) is 9.99. The number of hydrogen-bond acceptors (Lipinski definition) is 3. The fourth-order valence-corrected chi connectivity index (χ4v) is 2.42. The molecule has 0 aliphatic heterocycles. The molecule has 15 heavy (non-hydrogen) atoms. The molecule has 0 radical (unpaired) electrons. The molecular weight excluding hydrogens is 194 g/mol. The number of rotatable bonds is 5. The van der Waals surface area contributed by atoms with E-state index in [1.807, 2.05) is 18.9 Å². The molecule has 2 unspecified atom stereocenters. The predicted molar refractivity (Wildman–Crippen MR) is 57.9 cm³/mol. The minimum absolute atomic E-state index is 0.0558. The third-order valence-corrected chi connectivity index (χ3v) is 3.41. The van der Waals surface area contributed by atoms with Gasteiger partial charge < -0.3 is 9.84 Å². The lowest BCUT2D eigenvalue weighted by atomic mass is 9.64. The molecule has 4 nitrogen and oxygen atoms in total. The van der Waals surface area contributed by atoms with Crippen LogP contribution in [0.4, 0.5) is 0 Å². The van der Waals surface area contributed by atoms with E-state index in [4.69, 9.17) is 9.84 Å². The zero-order chi connectivity index (χ0) is 11.6. The van der Waals surface area contributed by atoms with Crippen LogP contribution >= 0.6 is 0 Å². The highest BCUT2D eigenvalue weighted by molar-refractivity contribution is 5.69. The first-order valence-corrected chi connectivity index (χ1v) is 5.43. The number of likely N-dealkylation sites (N-methyl/N-ethyl adjacent to an activating group) is 1. The minimum Gasteiger partial charge on any atom is -0.480 e. The summed E-state index contributed by atoms with van der Waals surface area (Å²) < 4.78 is 5.60. The number of nitrogens with zero attached hydrogens (tertiary/aromatic N) is 1. The molecule has 88 valence electrons. The molecule has 0 saturated heterocycles. The van der Waals surface area contributed by atoms with Crippen molar-refractivity contribution < 1.29 is 14.6 Å². The average molecular weight is 215 g/mol. The second-order valence-corrected chi connectivity index (χ2v) is 4.83. The molecule has 1 aliphatic carbocycles. The molecule has 1 aliphatic rings. The van der Waals surface area contributed by atoms with Crippen LogP contribution in [0.25, 0.3) is 0 Å². The van der Waals surface area contributed by atoms with Crippen LogP contribution in [-0.2, 0) is 9.53 Å². The van der Waals surface area contributed by atoms with Crippen LogP contribution in [-0.4, -0.2) is 48.3 Å². The van der Waals surface area contributed by atoms with Crippen molar-refractivity contribution >= 4 is 5.97 Å². The summed E-state index contributed by atoms with van der Waals surface area (Å²) in [7, 11) is 1.86. The normalized spacial score (nSPS) is 28.9. The van der Waals surface area contributed by atoms with E-state index < -0.39 is 5.97 Å². The Balaban J connectivity index is 2.50. The van der Waals surface area contributed by atoms with Crippen LogP contribution in [0, 0.1) is 5.41 Å². The number of aliphatic carboxylic acids is 1. The van der Waals surface area contributed by atoms with Crippen molar-refractivity contribution in [3.63, 3.8) is 0 Å². The monoisotopic (exact) mass is 215 g/mol. The fourth-order valence-electron chi connectivity index (χ4n) is 2.42. The standard InChI is InChI=1S/C11H21NO3/c1-5-15-9-6-8(11(9,2)3)12(4)7-10(13)14/h8-9H,5-7H2,1-4H3,(H,13,14). The fraction of sp³-hybridized carbons (Fsp3) is 0.909. The highest BCUT2D eigenvalue weighted by Crippen LogP contribution is 2.45. The van der Waals surface area contributed by atoms with Crippen molar-refractivity contribution in [2.24, 2.45) is 5.41 Å². The number of ether oxygens (including phenoxy) is 1. The van der Waals surface area contributed by atoms with Gasteiger partial charge in [-0.3, -0.25) is 9.69 Å². The smallest absolute Gasteiger partial charge is 0.317 e. The first kappa shape index (κ1) is 12.5. The maximum absolute atomic E-state index is 10.6. The van der Waals surface area contributed by atoms with Gasteiger partial charge in [0.2, 0.25) is 0 Å². The number of hydrogen-bond donors (Lipinski definition) is 1. The molecule has 1 N–H and O–H groups in total. The lowest BCUT2D eigenvalue weighted by molar-refractivity contribution is -0.156. The van der Waals surface area contributed by atoms with E-state index >= 15 is 0 Å². The molecule has 0 aromatic heterocycles. The molecule has 0 spiro atoms. The Kier molecular flexibility index (Phi) is 3.73. The van der Waals surface area contributed by atoms with E-state index in [9.17, 15) is 4.79 Å². The first-order chi connectivity index (χ1) is 6.89. The summed E-state index contributed by atoms with van der Waals surface area (Å²) in [6.07, 6.45) is 1.20. The Bertz CT molecular complexity index is 240. The van der Waals surface area contributed by atoms with Gasteiger partial charge in [-0.2, -0.15) is 0 Å². The van der Waals surface area contributed by atoms with Gasteiger partial charge in [0.25, 0.3) is 0 Å². The van der Waals surface area contributed by atoms with Gasteiger partial charge in [-0.1, -0.05) is 13.8 Å². The number of carbonyl (C=O) groups is 1. The van der Waals surface area contributed by atoms with Gasteiger partial charge >= 0.3 is 5.97 Å². The van der Waals surface area contributed by atoms with E-state index in [1.54, 1.807) is 0 Å². The quantitative estimate of drug-likeness (QED) is 0.749. The largest absolute Gasteiger partial charge is 0.480 e. The van der Waals surface area contributed by atoms with E-state index in [0.29, 0.717) is 6.04 Å². The maximum atomic E-state index is 10.6. The zero-order valence-corrected chi connectivity index (χ0v) is 9.99. The Morgan fingerprint density at radius 1 is 1.60 bits per heavy atom. The van der Waals surface area contributed by atoms with Crippen LogP contribution < -0.4 is 0 Å². The van der Waals surface area contributed by atoms with E-state index in [0.717, 1.165) is 13.0 Å². The third-order valence-electron chi connectivity index (χ3n) is 3.41. The SMILES string of the molecule is CCOC1CC(N(C)CC(=O)O)C1(C)C. The van der Waals surface area contributed by atoms with Crippen LogP contribution in [0.2, 0.25) is 0 Å². The highest BCUT2D eigenvalue weighted by Gasteiger charge is 2.50. The van der Waals surface area contributed by atoms with Gasteiger partial charge in [0.05, 0.1) is 12.6 Å². The minimum atomic E-state index is -0.770. The molecule has 0 bridgehead atoms. The highest BCUT2D eigenvalue weighted by atomic mass is 16.5. The molecule has 1 fully saturated rings. The molecule has 0 aromatic carbocycles. The van der Waals surface area contributed by atoms with Crippen LogP contribution in [0.1, 0.15) is 27.2 Å². The summed E-state index contributed by atoms with van der Waals surface area (Å²) in [6, 6.07) is 0.310. The third kappa shape index (κ3) is 2.49. The predicted octanol–water partition coefficient (Wildman–Crippen LogP) is 1.21. The Labute approximate surface area is 91.2 Å². The Morgan fingerprint density at radius 3 is 2.60 bits per heavy atom. The molecule has 0 heterocycles. The first-order valence-electron chi connectivity index (χ1n) is 5.43. The van der Waals surface area contributed by atoms with E-state index in [1.165, 1.54) is 0 Å². The second-order valence-electron chi connectivity index (χ2n) is 4.83. The number of carboxylic acid groups (broad SMARTS) is 1. The lowest BCUT2D eigenvalue weighted by Gasteiger charge is -2.54. The molecule has 4 heteroatoms. The van der Waals surface area contributed by atoms with Gasteiger partial charge in [-0.05, 0) is 20.4 Å². The summed E-state index contributed by atoms with van der Waals surface area (Å²) in [5, 5.41) is 8.72. The summed E-state index contributed by atoms with van der Waals surface area (Å²) in [5.41, 5.74) is 0.0558. The Morgan fingerprint density at radius 2 is 2.20 bits per heavy atom. The van der Waals surface area contributed by atoms with Crippen molar-refractivity contribution in [3.05, 3.63) is 0 Å². The summed E-state index contributed by atoms with van der Waals surface area (Å²) in [6.45, 7) is 7.10. The van der Waals surface area contributed by atoms with Gasteiger partial charge in [0, 0.05) is 18.1 Å². The van der Waals surface area contributed by atoms with E-state index in [2.05, 4.69) is 13.8 Å². The van der Waals surface area contributed by atoms with Crippen molar-refractivity contribution in [1.82, 2.24) is 4.90 Å². The Hall–Kier alpha value is -0.610. The molecule has 1 saturated carbocycles. The van der Waals surface area contributed by atoms with Gasteiger partial charge in [-0.25, -0.2) is 0 Å². The lowest BCUT2D eigenvalue weighted by Crippen LogP contribution is -2.61. The summed E-state index contributed by atoms with van der Waals surface area (Å²) >= 11 is 0. The molecular formula is C11H21NO3. The van der Waals surface area contributed by atoms with E-state index in [-0.39, 0.29) is 18.1 Å². The molecule has 1 rings (SSSR count). The topological polar surface area (TPSA) is 49.8 Å².